The Morgan fingerprint density at radius 2 is 1.77 bits per heavy atom. The van der Waals surface area contributed by atoms with E-state index in [1.54, 1.807) is 12.0 Å². The predicted octanol–water partition coefficient (Wildman–Crippen LogP) is 2.17. The first-order valence-electron chi connectivity index (χ1n) is 11.3. The maximum atomic E-state index is 5.57. The van der Waals surface area contributed by atoms with Gasteiger partial charge in [-0.2, -0.15) is 0 Å². The van der Waals surface area contributed by atoms with Gasteiger partial charge in [-0.1, -0.05) is 55.8 Å². The first kappa shape index (κ1) is 21.3. The predicted molar refractivity (Wildman–Crippen MR) is 122 cm³/mol. The van der Waals surface area contributed by atoms with Crippen molar-refractivity contribution in [2.45, 2.75) is 38.8 Å². The molecule has 1 N–H and O–H groups in total. The molecule has 1 fully saturated rings. The Labute approximate surface area is 184 Å². The number of tetrazole rings is 1. The monoisotopic (exact) mass is 421 g/mol. The van der Waals surface area contributed by atoms with E-state index in [0.717, 1.165) is 63.6 Å². The number of methoxy groups -OCH3 is 1. The molecule has 7 heteroatoms. The largest absolute Gasteiger partial charge is 0.495 e. The van der Waals surface area contributed by atoms with Gasteiger partial charge < -0.3 is 14.5 Å². The number of hydrogen-bond acceptors (Lipinski definition) is 5. The minimum Gasteiger partial charge on any atom is -0.495 e. The zero-order valence-corrected chi connectivity index (χ0v) is 18.6. The number of quaternary nitrogens is 1. The summed E-state index contributed by atoms with van der Waals surface area (Å²) in [4.78, 5) is 4.01. The van der Waals surface area contributed by atoms with E-state index in [-0.39, 0.29) is 0 Å². The van der Waals surface area contributed by atoms with Crippen LogP contribution in [0.4, 0.5) is 5.69 Å². The summed E-state index contributed by atoms with van der Waals surface area (Å²) in [5.41, 5.74) is 2.50. The molecule has 4 rings (SSSR count). The van der Waals surface area contributed by atoms with Gasteiger partial charge in [-0.05, 0) is 34.5 Å². The second-order valence-electron chi connectivity index (χ2n) is 8.15. The Balaban J connectivity index is 1.44. The number of ether oxygens (including phenoxy) is 1. The van der Waals surface area contributed by atoms with E-state index < -0.39 is 0 Å². The number of piperazine rings is 1. The molecule has 2 aromatic carbocycles. The minimum absolute atomic E-state index is 0.329. The molecule has 1 aromatic heterocycles. The summed E-state index contributed by atoms with van der Waals surface area (Å²) in [6.07, 6.45) is 3.15. The van der Waals surface area contributed by atoms with Crippen molar-refractivity contribution in [2.75, 3.05) is 38.2 Å². The molecule has 1 saturated heterocycles. The summed E-state index contributed by atoms with van der Waals surface area (Å²) in [7, 11) is 1.74. The number of hydrogen-bond donors (Lipinski definition) is 1. The molecular weight excluding hydrogens is 388 g/mol. The van der Waals surface area contributed by atoms with Crippen LogP contribution < -0.4 is 14.5 Å². The molecule has 1 atom stereocenters. The average molecular weight is 422 g/mol. The van der Waals surface area contributed by atoms with Gasteiger partial charge in [0.1, 0.15) is 11.8 Å². The van der Waals surface area contributed by atoms with Crippen molar-refractivity contribution < 1.29 is 9.64 Å². The van der Waals surface area contributed by atoms with Gasteiger partial charge in [-0.15, -0.1) is 5.10 Å². The first-order chi connectivity index (χ1) is 15.3. The van der Waals surface area contributed by atoms with Crippen LogP contribution in [0, 0.1) is 0 Å². The summed E-state index contributed by atoms with van der Waals surface area (Å²) in [6, 6.07) is 19.2. The molecule has 0 saturated carbocycles. The van der Waals surface area contributed by atoms with E-state index in [2.05, 4.69) is 69.8 Å². The average Bonchev–Trinajstić information content (AvgIpc) is 3.30. The fraction of sp³-hybridized carbons (Fsp3) is 0.458. The molecule has 3 aromatic rings. The lowest BCUT2D eigenvalue weighted by molar-refractivity contribution is -0.933. The zero-order valence-electron chi connectivity index (χ0n) is 18.6. The van der Waals surface area contributed by atoms with Crippen LogP contribution in [-0.2, 0) is 13.0 Å². The fourth-order valence-electron chi connectivity index (χ4n) is 4.58. The number of nitrogens with one attached hydrogen (secondary N) is 1. The van der Waals surface area contributed by atoms with Gasteiger partial charge in [0.15, 0.2) is 0 Å². The third kappa shape index (κ3) is 5.05. The number of para-hydroxylation sites is 2. The molecule has 1 aliphatic heterocycles. The van der Waals surface area contributed by atoms with Crippen LogP contribution in [0.5, 0.6) is 5.75 Å². The van der Waals surface area contributed by atoms with Crippen molar-refractivity contribution in [1.29, 1.82) is 0 Å². The van der Waals surface area contributed by atoms with Crippen LogP contribution in [-0.4, -0.2) is 53.5 Å². The molecule has 0 aliphatic carbocycles. The van der Waals surface area contributed by atoms with Crippen LogP contribution in [0.2, 0.25) is 0 Å². The van der Waals surface area contributed by atoms with Crippen LogP contribution in [0.3, 0.4) is 0 Å². The Kier molecular flexibility index (Phi) is 7.14. The summed E-state index contributed by atoms with van der Waals surface area (Å²) in [5, 5.41) is 12.8. The quantitative estimate of drug-likeness (QED) is 0.574. The highest BCUT2D eigenvalue weighted by Crippen LogP contribution is 2.27. The lowest BCUT2D eigenvalue weighted by Gasteiger charge is -2.37. The number of rotatable bonds is 9. The van der Waals surface area contributed by atoms with Crippen LogP contribution in [0.15, 0.2) is 54.6 Å². The second kappa shape index (κ2) is 10.4. The van der Waals surface area contributed by atoms with Crippen molar-refractivity contribution in [3.05, 3.63) is 66.0 Å². The Morgan fingerprint density at radius 1 is 1.03 bits per heavy atom. The van der Waals surface area contributed by atoms with E-state index >= 15 is 0 Å². The highest BCUT2D eigenvalue weighted by atomic mass is 16.5. The molecule has 7 nitrogen and oxygen atoms in total. The molecule has 31 heavy (non-hydrogen) atoms. The smallest absolute Gasteiger partial charge is 0.209 e. The van der Waals surface area contributed by atoms with Gasteiger partial charge in [0, 0.05) is 13.0 Å². The summed E-state index contributed by atoms with van der Waals surface area (Å²) >= 11 is 0. The van der Waals surface area contributed by atoms with Crippen LogP contribution in [0.1, 0.15) is 37.2 Å². The Bertz CT molecular complexity index is 936. The van der Waals surface area contributed by atoms with Crippen molar-refractivity contribution in [2.24, 2.45) is 0 Å². The number of nitrogens with zero attached hydrogens (tertiary/aromatic N) is 5. The van der Waals surface area contributed by atoms with Crippen LogP contribution in [0.25, 0.3) is 0 Å². The van der Waals surface area contributed by atoms with Gasteiger partial charge in [-0.25, -0.2) is 4.68 Å². The normalized spacial score (nSPS) is 15.7. The molecule has 0 spiro atoms. The van der Waals surface area contributed by atoms with Crippen molar-refractivity contribution in [1.82, 2.24) is 20.2 Å². The lowest BCUT2D eigenvalue weighted by Crippen LogP contribution is -3.15. The standard InChI is InChI=1S/C24H32N6O/c1-3-9-22(24-25-26-27-30(24)15-14-20-10-5-4-6-11-20)29-18-16-28(17-19-29)21-12-7-8-13-23(21)31-2/h4-8,10-13,22H,3,9,14-19H2,1-2H3/p+1/t22-/m1/s1. The number of aromatic nitrogens is 4. The second-order valence-corrected chi connectivity index (χ2v) is 8.15. The molecular formula is C24H33N6O+. The van der Waals surface area contributed by atoms with Gasteiger partial charge in [0.05, 0.1) is 39.0 Å². The third-order valence-corrected chi connectivity index (χ3v) is 6.23. The van der Waals surface area contributed by atoms with E-state index in [1.165, 1.54) is 11.3 Å². The van der Waals surface area contributed by atoms with Crippen molar-refractivity contribution >= 4 is 5.69 Å². The van der Waals surface area contributed by atoms with E-state index in [1.807, 2.05) is 16.8 Å². The van der Waals surface area contributed by atoms with Gasteiger partial charge in [-0.3, -0.25) is 0 Å². The molecule has 0 unspecified atom stereocenters. The molecule has 0 amide bonds. The Hall–Kier alpha value is -2.93. The number of anilines is 1. The van der Waals surface area contributed by atoms with E-state index in [9.17, 15) is 0 Å². The number of aryl methyl sites for hydroxylation is 2. The van der Waals surface area contributed by atoms with Gasteiger partial charge in [0.2, 0.25) is 5.82 Å². The van der Waals surface area contributed by atoms with Crippen LogP contribution >= 0.6 is 0 Å². The summed E-state index contributed by atoms with van der Waals surface area (Å²) in [5.74, 6) is 1.97. The Morgan fingerprint density at radius 3 is 2.52 bits per heavy atom. The first-order valence-corrected chi connectivity index (χ1v) is 11.3. The van der Waals surface area contributed by atoms with E-state index in [0.29, 0.717) is 6.04 Å². The molecule has 164 valence electrons. The molecule has 0 radical (unpaired) electrons. The third-order valence-electron chi connectivity index (χ3n) is 6.23. The fourth-order valence-corrected chi connectivity index (χ4v) is 4.58. The topological polar surface area (TPSA) is 60.5 Å². The summed E-state index contributed by atoms with van der Waals surface area (Å²) < 4.78 is 7.59. The highest BCUT2D eigenvalue weighted by molar-refractivity contribution is 5.58. The maximum absolute atomic E-state index is 5.57. The summed E-state index contributed by atoms with van der Waals surface area (Å²) in [6.45, 7) is 7.19. The van der Waals surface area contributed by atoms with E-state index in [4.69, 9.17) is 4.74 Å². The molecule has 0 bridgehead atoms. The minimum atomic E-state index is 0.329. The SMILES string of the molecule is CCC[C@H](c1nnnn1CCc1ccccc1)[NH+]1CCN(c2ccccc2OC)CC1. The zero-order chi connectivity index (χ0) is 21.5. The highest BCUT2D eigenvalue weighted by Gasteiger charge is 2.32. The molecule has 2 heterocycles. The van der Waals surface area contributed by atoms with Gasteiger partial charge >= 0.3 is 0 Å². The van der Waals surface area contributed by atoms with Crippen molar-refractivity contribution in [3.8, 4) is 5.75 Å². The lowest BCUT2D eigenvalue weighted by atomic mass is 10.1. The van der Waals surface area contributed by atoms with Gasteiger partial charge in [0.25, 0.3) is 0 Å². The molecule has 1 aliphatic rings. The van der Waals surface area contributed by atoms with Crippen molar-refractivity contribution in [3.63, 3.8) is 0 Å². The maximum Gasteiger partial charge on any atom is 0.209 e. The number of benzene rings is 2.